The van der Waals surface area contributed by atoms with E-state index in [0.29, 0.717) is 12.5 Å². The number of hydrogen-bond acceptors (Lipinski definition) is 7. The quantitative estimate of drug-likeness (QED) is 0.741. The van der Waals surface area contributed by atoms with E-state index in [-0.39, 0.29) is 6.10 Å². The monoisotopic (exact) mass is 362 g/mol. The van der Waals surface area contributed by atoms with Crippen molar-refractivity contribution in [2.75, 3.05) is 27.9 Å². The average Bonchev–Trinajstić information content (AvgIpc) is 2.67. The summed E-state index contributed by atoms with van der Waals surface area (Å²) in [4.78, 5) is 20.3. The maximum atomic E-state index is 10.6. The van der Waals surface area contributed by atoms with Gasteiger partial charge in [-0.3, -0.25) is 0 Å². The molecule has 0 heterocycles. The third-order valence-corrected chi connectivity index (χ3v) is 4.24. The molecule has 0 aromatic carbocycles. The van der Waals surface area contributed by atoms with Gasteiger partial charge in [0.1, 0.15) is 0 Å². The van der Waals surface area contributed by atoms with Crippen LogP contribution < -0.4 is 0 Å². The second-order valence-electron chi connectivity index (χ2n) is 6.22. The molecule has 0 radical (unpaired) electrons. The summed E-state index contributed by atoms with van der Waals surface area (Å²) in [6, 6.07) is 0. The van der Waals surface area contributed by atoms with Crippen molar-refractivity contribution >= 4 is 12.3 Å². The largest absolute Gasteiger partial charge is 0.507 e. The van der Waals surface area contributed by atoms with Crippen LogP contribution in [0.1, 0.15) is 64.2 Å². The third kappa shape index (κ3) is 14.5. The summed E-state index contributed by atoms with van der Waals surface area (Å²) in [5.41, 5.74) is 0. The van der Waals surface area contributed by atoms with Crippen molar-refractivity contribution < 1.29 is 33.6 Å². The van der Waals surface area contributed by atoms with Crippen molar-refractivity contribution in [3.8, 4) is 0 Å². The molecule has 0 amide bonds. The van der Waals surface area contributed by atoms with Gasteiger partial charge in [0.15, 0.2) is 0 Å². The van der Waals surface area contributed by atoms with E-state index in [1.807, 2.05) is 0 Å². The highest BCUT2D eigenvalue weighted by Gasteiger charge is 2.15. The van der Waals surface area contributed by atoms with E-state index >= 15 is 0 Å². The third-order valence-electron chi connectivity index (χ3n) is 4.24. The molecule has 2 rings (SSSR count). The fourth-order valence-electron chi connectivity index (χ4n) is 2.76. The van der Waals surface area contributed by atoms with Crippen LogP contribution >= 0.6 is 0 Å². The van der Waals surface area contributed by atoms with Crippen molar-refractivity contribution in [2.45, 2.75) is 70.3 Å². The van der Waals surface area contributed by atoms with Crippen molar-refractivity contribution in [1.82, 2.24) is 0 Å². The van der Waals surface area contributed by atoms with E-state index in [4.69, 9.17) is 9.84 Å². The van der Waals surface area contributed by atoms with Gasteiger partial charge in [0, 0.05) is 0 Å². The van der Waals surface area contributed by atoms with Gasteiger partial charge in [-0.05, 0) is 31.6 Å². The van der Waals surface area contributed by atoms with Crippen molar-refractivity contribution in [1.29, 1.82) is 0 Å². The molecule has 2 fully saturated rings. The zero-order valence-electron chi connectivity index (χ0n) is 15.8. The van der Waals surface area contributed by atoms with Crippen LogP contribution in [0.3, 0.4) is 0 Å². The second kappa shape index (κ2) is 16.0. The Kier molecular flexibility index (Phi) is 15.0. The van der Waals surface area contributed by atoms with E-state index in [1.165, 1.54) is 72.7 Å². The first-order valence-electron chi connectivity index (χ1n) is 9.04. The predicted molar refractivity (Wildman–Crippen MR) is 93.4 cm³/mol. The molecule has 0 aromatic rings. The molecule has 25 heavy (non-hydrogen) atoms. The van der Waals surface area contributed by atoms with Gasteiger partial charge in [0.05, 0.1) is 34.0 Å². The lowest BCUT2D eigenvalue weighted by atomic mass is 9.90. The topological polar surface area (TPSA) is 91.3 Å². The number of rotatable bonds is 2. The first-order valence-corrected chi connectivity index (χ1v) is 9.04. The molecule has 0 unspecified atom stereocenters. The highest BCUT2D eigenvalue weighted by atomic mass is 16.7. The lowest BCUT2D eigenvalue weighted by molar-refractivity contribution is 0.0545. The molecular weight excluding hydrogens is 328 g/mol. The molecule has 0 aliphatic heterocycles. The number of aliphatic hydroxyl groups is 1. The van der Waals surface area contributed by atoms with Gasteiger partial charge < -0.3 is 24.1 Å². The van der Waals surface area contributed by atoms with Crippen LogP contribution in [-0.2, 0) is 18.9 Å². The summed E-state index contributed by atoms with van der Waals surface area (Å²) in [5, 5.41) is 8.91. The smallest absolute Gasteiger partial charge is 0.438 e. The Morgan fingerprint density at radius 1 is 0.760 bits per heavy atom. The van der Waals surface area contributed by atoms with Gasteiger partial charge in [-0.15, -0.1) is 0 Å². The molecule has 2 aliphatic rings. The molecule has 0 saturated heterocycles. The Hall–Kier alpha value is -1.50. The fourth-order valence-corrected chi connectivity index (χ4v) is 2.76. The summed E-state index contributed by atoms with van der Waals surface area (Å²) >= 11 is 0. The molecule has 2 aliphatic carbocycles. The van der Waals surface area contributed by atoms with E-state index in [9.17, 15) is 9.59 Å². The Bertz CT molecular complexity index is 328. The second-order valence-corrected chi connectivity index (χ2v) is 6.22. The molecule has 0 spiro atoms. The number of carbonyl (C=O) groups excluding carboxylic acids is 2. The van der Waals surface area contributed by atoms with E-state index < -0.39 is 12.3 Å². The maximum Gasteiger partial charge on any atom is 0.507 e. The van der Waals surface area contributed by atoms with E-state index in [1.54, 1.807) is 0 Å². The first-order chi connectivity index (χ1) is 12.0. The fraction of sp³-hybridized carbons (Fsp3) is 0.889. The summed E-state index contributed by atoms with van der Waals surface area (Å²) in [5.74, 6) is 0.567. The molecule has 148 valence electrons. The normalized spacial score (nSPS) is 17.8. The minimum Gasteiger partial charge on any atom is -0.438 e. The van der Waals surface area contributed by atoms with Crippen LogP contribution in [0.5, 0.6) is 0 Å². The average molecular weight is 362 g/mol. The highest BCUT2D eigenvalue weighted by molar-refractivity contribution is 5.59. The Labute approximate surface area is 151 Å². The number of ether oxygens (including phenoxy) is 4. The summed E-state index contributed by atoms with van der Waals surface area (Å²) in [6.45, 7) is 0.534. The molecule has 1 N–H and O–H groups in total. The lowest BCUT2D eigenvalue weighted by Gasteiger charge is -2.20. The Morgan fingerprint density at radius 3 is 1.52 bits per heavy atom. The van der Waals surface area contributed by atoms with E-state index in [2.05, 4.69) is 14.2 Å². The molecule has 0 aromatic heterocycles. The van der Waals surface area contributed by atoms with Gasteiger partial charge in [-0.25, -0.2) is 9.59 Å². The lowest BCUT2D eigenvalue weighted by Crippen LogP contribution is -2.16. The number of hydrogen-bond donors (Lipinski definition) is 1. The minimum absolute atomic E-state index is 0.0359. The maximum absolute atomic E-state index is 10.6. The zero-order valence-corrected chi connectivity index (χ0v) is 15.8. The number of aliphatic hydroxyl groups excluding tert-OH is 1. The minimum atomic E-state index is -0.657. The summed E-state index contributed by atoms with van der Waals surface area (Å²) < 4.78 is 17.3. The van der Waals surface area contributed by atoms with Crippen LogP contribution in [0.4, 0.5) is 9.59 Å². The Balaban J connectivity index is 0.000000378. The SMILES string of the molecule is COC(=O)OC.COC(=O)OCC1CCCCC1.OC1CCCCC1. The molecule has 7 nitrogen and oxygen atoms in total. The predicted octanol–water partition coefficient (Wildman–Crippen LogP) is 4.06. The molecule has 0 atom stereocenters. The van der Waals surface area contributed by atoms with Gasteiger partial charge >= 0.3 is 12.3 Å². The van der Waals surface area contributed by atoms with Crippen LogP contribution in [0, 0.1) is 5.92 Å². The van der Waals surface area contributed by atoms with Crippen molar-refractivity contribution in [3.05, 3.63) is 0 Å². The van der Waals surface area contributed by atoms with Gasteiger partial charge in [0.2, 0.25) is 0 Å². The zero-order chi connectivity index (χ0) is 18.9. The van der Waals surface area contributed by atoms with Crippen molar-refractivity contribution in [2.24, 2.45) is 5.92 Å². The molecule has 0 bridgehead atoms. The van der Waals surface area contributed by atoms with Crippen LogP contribution in [0.2, 0.25) is 0 Å². The first kappa shape index (κ1) is 23.5. The van der Waals surface area contributed by atoms with E-state index in [0.717, 1.165) is 12.8 Å². The van der Waals surface area contributed by atoms with Crippen LogP contribution in [-0.4, -0.2) is 51.5 Å². The Morgan fingerprint density at radius 2 is 1.20 bits per heavy atom. The molecular formula is C18H34O7. The molecule has 2 saturated carbocycles. The summed E-state index contributed by atoms with van der Waals surface area (Å²) in [6.07, 6.45) is 11.0. The highest BCUT2D eigenvalue weighted by Crippen LogP contribution is 2.23. The van der Waals surface area contributed by atoms with Crippen LogP contribution in [0.25, 0.3) is 0 Å². The number of methoxy groups -OCH3 is 3. The van der Waals surface area contributed by atoms with Gasteiger partial charge in [-0.2, -0.15) is 0 Å². The van der Waals surface area contributed by atoms with Crippen LogP contribution in [0.15, 0.2) is 0 Å². The van der Waals surface area contributed by atoms with Gasteiger partial charge in [-0.1, -0.05) is 38.5 Å². The van der Waals surface area contributed by atoms with Crippen molar-refractivity contribution in [3.63, 3.8) is 0 Å². The molecule has 7 heteroatoms. The van der Waals surface area contributed by atoms with Gasteiger partial charge in [0.25, 0.3) is 0 Å². The standard InChI is InChI=1S/C9H16O3.C6H12O.C3H6O3/c1-11-9(10)12-7-8-5-3-2-4-6-8;7-6-4-2-1-3-5-6;1-5-3(4)6-2/h8H,2-7H2,1H3;6-7H,1-5H2;1-2H3. The number of carbonyl (C=O) groups is 2. The summed E-state index contributed by atoms with van der Waals surface area (Å²) in [7, 11) is 3.85.